The molecule has 184 valence electrons. The molecule has 2 atom stereocenters. The number of benzene rings is 1. The van der Waals surface area contributed by atoms with Gasteiger partial charge in [-0.25, -0.2) is 26.5 Å². The van der Waals surface area contributed by atoms with Crippen LogP contribution in [-0.2, 0) is 24.8 Å². The highest BCUT2D eigenvalue weighted by Crippen LogP contribution is 2.38. The predicted molar refractivity (Wildman–Crippen MR) is 128 cm³/mol. The van der Waals surface area contributed by atoms with Gasteiger partial charge in [-0.3, -0.25) is 4.79 Å². The molecule has 0 aliphatic carbocycles. The SMILES string of the molecule is CS(=O)(=O)NC1CCN(C(=O)C2CCC(c3ccccc3)N(S(=O)(=O)c3ccccn3)C2)CC1. The van der Waals surface area contributed by atoms with E-state index in [1.807, 2.05) is 30.3 Å². The number of piperidine rings is 2. The fourth-order valence-corrected chi connectivity index (χ4v) is 7.28. The quantitative estimate of drug-likeness (QED) is 0.638. The number of amides is 1. The zero-order chi connectivity index (χ0) is 24.3. The summed E-state index contributed by atoms with van der Waals surface area (Å²) in [5, 5.41) is -0.0308. The van der Waals surface area contributed by atoms with Crippen molar-refractivity contribution in [3.05, 3.63) is 60.3 Å². The van der Waals surface area contributed by atoms with Gasteiger partial charge in [0.15, 0.2) is 5.03 Å². The van der Waals surface area contributed by atoms with E-state index in [4.69, 9.17) is 0 Å². The molecule has 4 rings (SSSR count). The summed E-state index contributed by atoms with van der Waals surface area (Å²) in [6, 6.07) is 13.7. The van der Waals surface area contributed by atoms with Crippen LogP contribution in [0.25, 0.3) is 0 Å². The molecule has 0 spiro atoms. The van der Waals surface area contributed by atoms with Crippen molar-refractivity contribution in [2.24, 2.45) is 5.92 Å². The van der Waals surface area contributed by atoms with E-state index >= 15 is 0 Å². The maximum atomic E-state index is 13.6. The van der Waals surface area contributed by atoms with E-state index < -0.39 is 26.0 Å². The largest absolute Gasteiger partial charge is 0.342 e. The molecule has 1 N–H and O–H groups in total. The Kier molecular flexibility index (Phi) is 7.36. The van der Waals surface area contributed by atoms with E-state index in [2.05, 4.69) is 9.71 Å². The monoisotopic (exact) mass is 506 g/mol. The zero-order valence-electron chi connectivity index (χ0n) is 19.1. The van der Waals surface area contributed by atoms with Crippen molar-refractivity contribution in [1.82, 2.24) is 18.9 Å². The van der Waals surface area contributed by atoms with Crippen LogP contribution >= 0.6 is 0 Å². The minimum Gasteiger partial charge on any atom is -0.342 e. The van der Waals surface area contributed by atoms with Gasteiger partial charge in [0.2, 0.25) is 15.9 Å². The molecule has 34 heavy (non-hydrogen) atoms. The minimum absolute atomic E-state index is 0.0308. The lowest BCUT2D eigenvalue weighted by Crippen LogP contribution is -2.51. The Hall–Kier alpha value is -2.34. The number of likely N-dealkylation sites (tertiary alicyclic amines) is 1. The lowest BCUT2D eigenvalue weighted by atomic mass is 9.89. The first-order valence-corrected chi connectivity index (χ1v) is 14.7. The number of carbonyl (C=O) groups is 1. The van der Waals surface area contributed by atoms with E-state index in [1.165, 1.54) is 16.6 Å². The van der Waals surface area contributed by atoms with Crippen LogP contribution in [-0.4, -0.2) is 68.9 Å². The number of rotatable bonds is 6. The number of nitrogens with zero attached hydrogens (tertiary/aromatic N) is 3. The summed E-state index contributed by atoms with van der Waals surface area (Å²) in [6.07, 6.45) is 4.76. The molecule has 2 saturated heterocycles. The highest BCUT2D eigenvalue weighted by molar-refractivity contribution is 7.89. The van der Waals surface area contributed by atoms with Crippen molar-refractivity contribution in [3.63, 3.8) is 0 Å². The molecular weight excluding hydrogens is 476 g/mol. The van der Waals surface area contributed by atoms with Crippen LogP contribution in [0.4, 0.5) is 0 Å². The van der Waals surface area contributed by atoms with E-state index in [0.717, 1.165) is 11.8 Å². The molecule has 2 aliphatic heterocycles. The Morgan fingerprint density at radius 1 is 0.941 bits per heavy atom. The fourth-order valence-electron chi connectivity index (χ4n) is 4.81. The first-order chi connectivity index (χ1) is 16.1. The molecule has 2 aliphatic rings. The van der Waals surface area contributed by atoms with Crippen molar-refractivity contribution in [3.8, 4) is 0 Å². The molecule has 3 heterocycles. The van der Waals surface area contributed by atoms with Crippen LogP contribution in [0.3, 0.4) is 0 Å². The number of nitrogens with one attached hydrogen (secondary N) is 1. The Labute approximate surface area is 201 Å². The normalized spacial score (nSPS) is 23.0. The van der Waals surface area contributed by atoms with E-state index in [1.54, 1.807) is 17.0 Å². The molecule has 1 aromatic heterocycles. The molecule has 11 heteroatoms. The average Bonchev–Trinajstić information content (AvgIpc) is 2.84. The number of pyridine rings is 1. The second-order valence-electron chi connectivity index (χ2n) is 8.93. The molecule has 9 nitrogen and oxygen atoms in total. The number of aromatic nitrogens is 1. The number of sulfonamides is 2. The van der Waals surface area contributed by atoms with Crippen LogP contribution in [0, 0.1) is 5.92 Å². The van der Waals surface area contributed by atoms with Crippen molar-refractivity contribution in [1.29, 1.82) is 0 Å². The van der Waals surface area contributed by atoms with Gasteiger partial charge < -0.3 is 4.90 Å². The van der Waals surface area contributed by atoms with Crippen molar-refractivity contribution in [2.45, 2.75) is 42.8 Å². The van der Waals surface area contributed by atoms with Crippen molar-refractivity contribution < 1.29 is 21.6 Å². The Morgan fingerprint density at radius 2 is 1.62 bits per heavy atom. The molecule has 0 bridgehead atoms. The standard InChI is InChI=1S/C23H30N4O5S2/c1-33(29,30)25-20-12-15-26(16-13-20)23(28)19-10-11-21(18-7-3-2-4-8-18)27(17-19)34(31,32)22-9-5-6-14-24-22/h2-9,14,19-21,25H,10-13,15-17H2,1H3. The third-order valence-corrected chi connectivity index (χ3v) is 9.02. The summed E-state index contributed by atoms with van der Waals surface area (Å²) >= 11 is 0. The fraction of sp³-hybridized carbons (Fsp3) is 0.478. The summed E-state index contributed by atoms with van der Waals surface area (Å²) in [4.78, 5) is 19.2. The van der Waals surface area contributed by atoms with Gasteiger partial charge >= 0.3 is 0 Å². The molecular formula is C23H30N4O5S2. The molecule has 0 saturated carbocycles. The van der Waals surface area contributed by atoms with Crippen LogP contribution in [0.2, 0.25) is 0 Å². The smallest absolute Gasteiger partial charge is 0.261 e. The molecule has 1 aromatic carbocycles. The Morgan fingerprint density at radius 3 is 2.24 bits per heavy atom. The molecule has 0 radical (unpaired) electrons. The zero-order valence-corrected chi connectivity index (χ0v) is 20.7. The molecule has 1 amide bonds. The van der Waals surface area contributed by atoms with Gasteiger partial charge in [-0.15, -0.1) is 0 Å². The van der Waals surface area contributed by atoms with E-state index in [-0.39, 0.29) is 29.6 Å². The van der Waals surface area contributed by atoms with E-state index in [0.29, 0.717) is 38.8 Å². The predicted octanol–water partition coefficient (Wildman–Crippen LogP) is 1.76. The van der Waals surface area contributed by atoms with Gasteiger partial charge in [-0.2, -0.15) is 4.31 Å². The first kappa shape index (κ1) is 24.8. The van der Waals surface area contributed by atoms with Gasteiger partial charge in [-0.1, -0.05) is 36.4 Å². The van der Waals surface area contributed by atoms with Gasteiger partial charge in [0.1, 0.15) is 0 Å². The summed E-state index contributed by atoms with van der Waals surface area (Å²) in [7, 11) is -7.21. The lowest BCUT2D eigenvalue weighted by molar-refractivity contribution is -0.138. The number of carbonyl (C=O) groups excluding carboxylic acids is 1. The third-order valence-electron chi connectivity index (χ3n) is 6.47. The van der Waals surface area contributed by atoms with Crippen LogP contribution in [0.15, 0.2) is 59.8 Å². The molecule has 2 fully saturated rings. The van der Waals surface area contributed by atoms with E-state index in [9.17, 15) is 21.6 Å². The summed E-state index contributed by atoms with van der Waals surface area (Å²) < 4.78 is 54.2. The van der Waals surface area contributed by atoms with Crippen LogP contribution < -0.4 is 4.72 Å². The highest BCUT2D eigenvalue weighted by atomic mass is 32.2. The first-order valence-electron chi connectivity index (χ1n) is 11.4. The summed E-state index contributed by atoms with van der Waals surface area (Å²) in [5.41, 5.74) is 0.889. The minimum atomic E-state index is -3.91. The van der Waals surface area contributed by atoms with Crippen LogP contribution in [0.5, 0.6) is 0 Å². The van der Waals surface area contributed by atoms with Gasteiger partial charge in [0, 0.05) is 31.9 Å². The number of hydrogen-bond donors (Lipinski definition) is 1. The Balaban J connectivity index is 1.53. The highest BCUT2D eigenvalue weighted by Gasteiger charge is 2.42. The van der Waals surface area contributed by atoms with Gasteiger partial charge in [0.25, 0.3) is 10.0 Å². The lowest BCUT2D eigenvalue weighted by Gasteiger charge is -2.41. The third kappa shape index (κ3) is 5.65. The summed E-state index contributed by atoms with van der Waals surface area (Å²) in [6.45, 7) is 0.966. The van der Waals surface area contributed by atoms with Gasteiger partial charge in [0.05, 0.1) is 18.2 Å². The second kappa shape index (κ2) is 10.1. The average molecular weight is 507 g/mol. The second-order valence-corrected chi connectivity index (χ2v) is 12.6. The van der Waals surface area contributed by atoms with Crippen LogP contribution in [0.1, 0.15) is 37.3 Å². The molecule has 2 aromatic rings. The van der Waals surface area contributed by atoms with Crippen molar-refractivity contribution >= 4 is 26.0 Å². The summed E-state index contributed by atoms with van der Waals surface area (Å²) in [5.74, 6) is -0.539. The van der Waals surface area contributed by atoms with Crippen molar-refractivity contribution in [2.75, 3.05) is 25.9 Å². The topological polar surface area (TPSA) is 117 Å². The maximum Gasteiger partial charge on any atom is 0.261 e. The molecule has 2 unspecified atom stereocenters. The number of hydrogen-bond acceptors (Lipinski definition) is 6. The Bertz CT molecular complexity index is 1200. The van der Waals surface area contributed by atoms with Gasteiger partial charge in [-0.05, 0) is 43.4 Å². The maximum absolute atomic E-state index is 13.6.